The van der Waals surface area contributed by atoms with Crippen LogP contribution in [0, 0.1) is 0 Å². The first kappa shape index (κ1) is 19.2. The molecule has 7 heteroatoms. The molecule has 2 saturated heterocycles. The Balaban J connectivity index is 0.00000121. The minimum atomic E-state index is -0.179. The fourth-order valence-corrected chi connectivity index (χ4v) is 3.23. The van der Waals surface area contributed by atoms with Crippen molar-refractivity contribution in [2.75, 3.05) is 19.7 Å². The summed E-state index contributed by atoms with van der Waals surface area (Å²) in [5.41, 5.74) is 0.889. The molecular weight excluding hydrogens is 325 g/mol. The van der Waals surface area contributed by atoms with E-state index >= 15 is 0 Å². The lowest BCUT2D eigenvalue weighted by atomic mass is 9.83. The normalized spacial score (nSPS) is 23.6. The summed E-state index contributed by atoms with van der Waals surface area (Å²) in [6.07, 6.45) is 5.50. The van der Waals surface area contributed by atoms with E-state index < -0.39 is 0 Å². The molecule has 1 atom stereocenters. The van der Waals surface area contributed by atoms with Gasteiger partial charge in [0, 0.05) is 18.9 Å². The summed E-state index contributed by atoms with van der Waals surface area (Å²) in [5.74, 6) is 0.0745. The summed E-state index contributed by atoms with van der Waals surface area (Å²) >= 11 is 0. The Morgan fingerprint density at radius 2 is 2.14 bits per heavy atom. The molecule has 0 radical (unpaired) electrons. The standard InChI is InChI=1S/C15H21N3O2.2ClH/c1-12-15(4-7-16-8-5-15)20-11-14(19)18(12)10-13-3-2-6-17-9-13;;/h2-3,6,9,12,16H,4-5,7-8,10-11H2,1H3;2*1H. The number of halogens is 2. The van der Waals surface area contributed by atoms with Crippen LogP contribution in [0.25, 0.3) is 0 Å². The maximum absolute atomic E-state index is 12.2. The predicted octanol–water partition coefficient (Wildman–Crippen LogP) is 1.79. The SMILES string of the molecule is CC1N(Cc2cccnc2)C(=O)COC12CCNCC2.Cl.Cl. The van der Waals surface area contributed by atoms with E-state index in [0.717, 1.165) is 31.5 Å². The molecule has 0 aromatic carbocycles. The number of piperidine rings is 1. The van der Waals surface area contributed by atoms with E-state index in [1.807, 2.05) is 23.2 Å². The quantitative estimate of drug-likeness (QED) is 0.886. The lowest BCUT2D eigenvalue weighted by Gasteiger charge is -2.50. The van der Waals surface area contributed by atoms with Gasteiger partial charge in [0.05, 0.1) is 11.6 Å². The minimum Gasteiger partial charge on any atom is -0.363 e. The first-order chi connectivity index (χ1) is 9.71. The zero-order valence-corrected chi connectivity index (χ0v) is 14.3. The summed E-state index contributed by atoms with van der Waals surface area (Å²) in [7, 11) is 0. The van der Waals surface area contributed by atoms with Gasteiger partial charge in [-0.1, -0.05) is 6.07 Å². The zero-order valence-electron chi connectivity index (χ0n) is 12.7. The van der Waals surface area contributed by atoms with Crippen LogP contribution in [-0.4, -0.2) is 47.1 Å². The molecule has 0 aliphatic carbocycles. The molecule has 3 rings (SSSR count). The van der Waals surface area contributed by atoms with Gasteiger partial charge in [-0.3, -0.25) is 9.78 Å². The molecule has 1 N–H and O–H groups in total. The molecule has 1 unspecified atom stereocenters. The first-order valence-electron chi connectivity index (χ1n) is 7.24. The van der Waals surface area contributed by atoms with Crippen molar-refractivity contribution in [1.82, 2.24) is 15.2 Å². The minimum absolute atomic E-state index is 0. The van der Waals surface area contributed by atoms with Crippen LogP contribution in [-0.2, 0) is 16.1 Å². The molecular formula is C15H23Cl2N3O2. The number of rotatable bonds is 2. The van der Waals surface area contributed by atoms with Gasteiger partial charge in [-0.05, 0) is 44.5 Å². The molecule has 2 aliphatic rings. The molecule has 1 spiro atoms. The smallest absolute Gasteiger partial charge is 0.249 e. The Kier molecular flexibility index (Phi) is 7.06. The highest BCUT2D eigenvalue weighted by atomic mass is 35.5. The van der Waals surface area contributed by atoms with Gasteiger partial charge < -0.3 is 15.0 Å². The monoisotopic (exact) mass is 347 g/mol. The molecule has 1 aromatic heterocycles. The van der Waals surface area contributed by atoms with E-state index in [1.165, 1.54) is 0 Å². The third-order valence-corrected chi connectivity index (χ3v) is 4.56. The second-order valence-corrected chi connectivity index (χ2v) is 5.66. The topological polar surface area (TPSA) is 54.5 Å². The average Bonchev–Trinajstić information content (AvgIpc) is 2.50. The second kappa shape index (κ2) is 8.11. The molecule has 5 nitrogen and oxygen atoms in total. The molecule has 1 aromatic rings. The van der Waals surface area contributed by atoms with Gasteiger partial charge in [0.2, 0.25) is 5.91 Å². The zero-order chi connectivity index (χ0) is 14.0. The number of hydrogen-bond acceptors (Lipinski definition) is 4. The third kappa shape index (κ3) is 3.71. The second-order valence-electron chi connectivity index (χ2n) is 5.66. The van der Waals surface area contributed by atoms with Crippen LogP contribution in [0.1, 0.15) is 25.3 Å². The van der Waals surface area contributed by atoms with Crippen molar-refractivity contribution in [3.05, 3.63) is 30.1 Å². The molecule has 22 heavy (non-hydrogen) atoms. The van der Waals surface area contributed by atoms with Gasteiger partial charge in [-0.25, -0.2) is 0 Å². The van der Waals surface area contributed by atoms with Gasteiger partial charge >= 0.3 is 0 Å². The van der Waals surface area contributed by atoms with E-state index in [0.29, 0.717) is 6.54 Å². The largest absolute Gasteiger partial charge is 0.363 e. The Hall–Kier alpha value is -0.880. The Morgan fingerprint density at radius 3 is 2.77 bits per heavy atom. The van der Waals surface area contributed by atoms with Crippen LogP contribution in [0.3, 0.4) is 0 Å². The number of amides is 1. The van der Waals surface area contributed by atoms with E-state index in [1.54, 1.807) is 6.20 Å². The van der Waals surface area contributed by atoms with Gasteiger partial charge in [0.1, 0.15) is 6.61 Å². The summed E-state index contributed by atoms with van der Waals surface area (Å²) in [6, 6.07) is 4.02. The highest BCUT2D eigenvalue weighted by Gasteiger charge is 2.46. The molecule has 2 fully saturated rings. The van der Waals surface area contributed by atoms with Gasteiger partial charge in [0.15, 0.2) is 0 Å². The van der Waals surface area contributed by atoms with Crippen molar-refractivity contribution < 1.29 is 9.53 Å². The molecule has 2 aliphatic heterocycles. The molecule has 0 saturated carbocycles. The number of aromatic nitrogens is 1. The maximum atomic E-state index is 12.2. The Morgan fingerprint density at radius 1 is 1.41 bits per heavy atom. The summed E-state index contributed by atoms with van der Waals surface area (Å²) in [4.78, 5) is 18.3. The average molecular weight is 348 g/mol. The summed E-state index contributed by atoms with van der Waals surface area (Å²) in [6.45, 7) is 4.84. The summed E-state index contributed by atoms with van der Waals surface area (Å²) in [5, 5.41) is 3.36. The number of morpholine rings is 1. The van der Waals surface area contributed by atoms with Crippen molar-refractivity contribution in [1.29, 1.82) is 0 Å². The van der Waals surface area contributed by atoms with Crippen molar-refractivity contribution in [3.63, 3.8) is 0 Å². The van der Waals surface area contributed by atoms with Crippen LogP contribution < -0.4 is 5.32 Å². The van der Waals surface area contributed by atoms with Gasteiger partial charge in [-0.15, -0.1) is 24.8 Å². The van der Waals surface area contributed by atoms with Gasteiger partial charge in [0.25, 0.3) is 0 Å². The Bertz CT molecular complexity index is 481. The number of hydrogen-bond donors (Lipinski definition) is 1. The third-order valence-electron chi connectivity index (χ3n) is 4.56. The molecule has 3 heterocycles. The Labute approximate surface area is 143 Å². The number of nitrogens with zero attached hydrogens (tertiary/aromatic N) is 2. The van der Waals surface area contributed by atoms with E-state index in [-0.39, 0.29) is 49.0 Å². The van der Waals surface area contributed by atoms with E-state index in [2.05, 4.69) is 17.2 Å². The summed E-state index contributed by atoms with van der Waals surface area (Å²) < 4.78 is 5.95. The van der Waals surface area contributed by atoms with Crippen LogP contribution in [0.4, 0.5) is 0 Å². The van der Waals surface area contributed by atoms with Crippen LogP contribution in [0.15, 0.2) is 24.5 Å². The number of nitrogens with one attached hydrogen (secondary N) is 1. The van der Waals surface area contributed by atoms with Crippen LogP contribution in [0.2, 0.25) is 0 Å². The lowest BCUT2D eigenvalue weighted by Crippen LogP contribution is -2.63. The molecule has 0 bridgehead atoms. The highest BCUT2D eigenvalue weighted by Crippen LogP contribution is 2.34. The van der Waals surface area contributed by atoms with Crippen molar-refractivity contribution >= 4 is 30.7 Å². The number of carbonyl (C=O) groups excluding carboxylic acids is 1. The molecule has 124 valence electrons. The fourth-order valence-electron chi connectivity index (χ4n) is 3.23. The molecule has 1 amide bonds. The number of carbonyl (C=O) groups is 1. The van der Waals surface area contributed by atoms with E-state index in [9.17, 15) is 4.79 Å². The highest BCUT2D eigenvalue weighted by molar-refractivity contribution is 5.85. The van der Waals surface area contributed by atoms with Crippen molar-refractivity contribution in [3.8, 4) is 0 Å². The fraction of sp³-hybridized carbons (Fsp3) is 0.600. The first-order valence-corrected chi connectivity index (χ1v) is 7.24. The maximum Gasteiger partial charge on any atom is 0.249 e. The number of ether oxygens (including phenoxy) is 1. The number of pyridine rings is 1. The van der Waals surface area contributed by atoms with Crippen LogP contribution >= 0.6 is 24.8 Å². The van der Waals surface area contributed by atoms with Gasteiger partial charge in [-0.2, -0.15) is 0 Å². The van der Waals surface area contributed by atoms with Crippen molar-refractivity contribution in [2.45, 2.75) is 38.0 Å². The predicted molar refractivity (Wildman–Crippen MR) is 89.5 cm³/mol. The van der Waals surface area contributed by atoms with E-state index in [4.69, 9.17) is 4.74 Å². The van der Waals surface area contributed by atoms with Crippen molar-refractivity contribution in [2.24, 2.45) is 0 Å². The van der Waals surface area contributed by atoms with Crippen LogP contribution in [0.5, 0.6) is 0 Å². The lowest BCUT2D eigenvalue weighted by molar-refractivity contribution is -0.183.